The van der Waals surface area contributed by atoms with E-state index in [0.29, 0.717) is 5.69 Å². The fraction of sp³-hybridized carbons (Fsp3) is 0.417. The number of anilines is 1. The van der Waals surface area contributed by atoms with E-state index in [9.17, 15) is 9.18 Å². The van der Waals surface area contributed by atoms with Gasteiger partial charge in [0.15, 0.2) is 11.6 Å². The molecule has 1 aliphatic heterocycles. The number of piperazine rings is 1. The van der Waals surface area contributed by atoms with Gasteiger partial charge in [-0.2, -0.15) is 0 Å². The summed E-state index contributed by atoms with van der Waals surface area (Å²) in [7, 11) is 1.41. The first-order chi connectivity index (χ1) is 8.63. The van der Waals surface area contributed by atoms with E-state index in [2.05, 4.69) is 5.32 Å². The standard InChI is InChI=1S/C12H16FN3O2/c1-18-11-9(13)6-8(12(14)17)7-10(11)16-4-2-15-3-5-16/h6-7,15H,2-5H2,1H3,(H2,14,17). The van der Waals surface area contributed by atoms with Crippen molar-refractivity contribution in [2.45, 2.75) is 0 Å². The van der Waals surface area contributed by atoms with Gasteiger partial charge in [0.25, 0.3) is 0 Å². The molecule has 0 saturated carbocycles. The molecule has 1 aliphatic rings. The summed E-state index contributed by atoms with van der Waals surface area (Å²) in [5.74, 6) is -1.06. The molecule has 0 unspecified atom stereocenters. The van der Waals surface area contributed by atoms with E-state index < -0.39 is 11.7 Å². The third-order valence-corrected chi connectivity index (χ3v) is 2.97. The maximum atomic E-state index is 13.9. The van der Waals surface area contributed by atoms with Gasteiger partial charge >= 0.3 is 0 Å². The molecular formula is C12H16FN3O2. The molecule has 98 valence electrons. The number of rotatable bonds is 3. The Labute approximate surface area is 105 Å². The predicted octanol–water partition coefficient (Wildman–Crippen LogP) is 0.343. The second-order valence-corrected chi connectivity index (χ2v) is 4.11. The van der Waals surface area contributed by atoms with Crippen LogP contribution in [0, 0.1) is 5.82 Å². The Bertz CT molecular complexity index is 459. The number of halogens is 1. The number of amides is 1. The number of nitrogens with one attached hydrogen (secondary N) is 1. The van der Waals surface area contributed by atoms with Crippen LogP contribution in [0.3, 0.4) is 0 Å². The van der Waals surface area contributed by atoms with Crippen molar-refractivity contribution in [3.63, 3.8) is 0 Å². The van der Waals surface area contributed by atoms with Crippen molar-refractivity contribution in [2.24, 2.45) is 5.73 Å². The second-order valence-electron chi connectivity index (χ2n) is 4.11. The molecule has 1 saturated heterocycles. The minimum atomic E-state index is -0.645. The number of nitrogens with zero attached hydrogens (tertiary/aromatic N) is 1. The lowest BCUT2D eigenvalue weighted by molar-refractivity contribution is 0.1000. The molecule has 5 nitrogen and oxygen atoms in total. The van der Waals surface area contributed by atoms with Crippen LogP contribution in [0.5, 0.6) is 5.75 Å². The van der Waals surface area contributed by atoms with Crippen molar-refractivity contribution in [3.05, 3.63) is 23.5 Å². The quantitative estimate of drug-likeness (QED) is 0.815. The Balaban J connectivity index is 2.44. The Morgan fingerprint density at radius 1 is 1.44 bits per heavy atom. The molecule has 0 aliphatic carbocycles. The van der Waals surface area contributed by atoms with Crippen molar-refractivity contribution in [3.8, 4) is 5.75 Å². The van der Waals surface area contributed by atoms with Crippen LogP contribution in [0.1, 0.15) is 10.4 Å². The molecule has 0 bridgehead atoms. The first kappa shape index (κ1) is 12.6. The highest BCUT2D eigenvalue weighted by molar-refractivity contribution is 5.94. The zero-order chi connectivity index (χ0) is 13.1. The minimum absolute atomic E-state index is 0.154. The van der Waals surface area contributed by atoms with Gasteiger partial charge in [0.05, 0.1) is 12.8 Å². The monoisotopic (exact) mass is 253 g/mol. The van der Waals surface area contributed by atoms with Gasteiger partial charge in [-0.25, -0.2) is 4.39 Å². The number of hydrogen-bond donors (Lipinski definition) is 2. The number of methoxy groups -OCH3 is 1. The molecule has 0 aromatic heterocycles. The summed E-state index contributed by atoms with van der Waals surface area (Å²) in [6.45, 7) is 3.09. The Morgan fingerprint density at radius 3 is 2.67 bits per heavy atom. The normalized spacial score (nSPS) is 15.6. The topological polar surface area (TPSA) is 67.6 Å². The lowest BCUT2D eigenvalue weighted by Gasteiger charge is -2.30. The molecule has 1 heterocycles. The third-order valence-electron chi connectivity index (χ3n) is 2.97. The van der Waals surface area contributed by atoms with Gasteiger partial charge in [0.2, 0.25) is 5.91 Å². The molecule has 18 heavy (non-hydrogen) atoms. The molecule has 1 fully saturated rings. The fourth-order valence-corrected chi connectivity index (χ4v) is 2.06. The summed E-state index contributed by atoms with van der Waals surface area (Å²) in [5.41, 5.74) is 5.93. The summed E-state index contributed by atoms with van der Waals surface area (Å²) in [4.78, 5) is 13.1. The summed E-state index contributed by atoms with van der Waals surface area (Å²) in [6, 6.07) is 2.68. The van der Waals surface area contributed by atoms with Gasteiger partial charge in [-0.1, -0.05) is 0 Å². The molecule has 2 rings (SSSR count). The van der Waals surface area contributed by atoms with Gasteiger partial charge in [-0.05, 0) is 12.1 Å². The van der Waals surface area contributed by atoms with Gasteiger partial charge in [-0.3, -0.25) is 4.79 Å². The van der Waals surface area contributed by atoms with E-state index >= 15 is 0 Å². The molecular weight excluding hydrogens is 237 g/mol. The Morgan fingerprint density at radius 2 is 2.11 bits per heavy atom. The number of nitrogens with two attached hydrogens (primary N) is 1. The van der Waals surface area contributed by atoms with E-state index in [1.807, 2.05) is 4.90 Å². The first-order valence-corrected chi connectivity index (χ1v) is 5.76. The summed E-state index contributed by atoms with van der Waals surface area (Å²) in [6.07, 6.45) is 0. The Hall–Kier alpha value is -1.82. The van der Waals surface area contributed by atoms with Crippen molar-refractivity contribution in [1.82, 2.24) is 5.32 Å². The average molecular weight is 253 g/mol. The lowest BCUT2D eigenvalue weighted by atomic mass is 10.1. The Kier molecular flexibility index (Phi) is 3.66. The summed E-state index contributed by atoms with van der Waals surface area (Å²) < 4.78 is 18.9. The molecule has 6 heteroatoms. The van der Waals surface area contributed by atoms with Crippen molar-refractivity contribution < 1.29 is 13.9 Å². The summed E-state index contributed by atoms with van der Waals surface area (Å²) >= 11 is 0. The maximum Gasteiger partial charge on any atom is 0.248 e. The van der Waals surface area contributed by atoms with Gasteiger partial charge in [-0.15, -0.1) is 0 Å². The molecule has 0 spiro atoms. The van der Waals surface area contributed by atoms with Crippen LogP contribution < -0.4 is 20.7 Å². The van der Waals surface area contributed by atoms with E-state index in [4.69, 9.17) is 10.5 Å². The maximum absolute atomic E-state index is 13.9. The number of benzene rings is 1. The van der Waals surface area contributed by atoms with Crippen LogP contribution in [0.15, 0.2) is 12.1 Å². The molecule has 1 amide bonds. The third kappa shape index (κ3) is 2.38. The number of hydrogen-bond acceptors (Lipinski definition) is 4. The molecule has 0 radical (unpaired) electrons. The largest absolute Gasteiger partial charge is 0.492 e. The average Bonchev–Trinajstić information content (AvgIpc) is 2.38. The second kappa shape index (κ2) is 5.22. The van der Waals surface area contributed by atoms with Crippen LogP contribution in [0.4, 0.5) is 10.1 Å². The summed E-state index contributed by atoms with van der Waals surface area (Å²) in [5, 5.41) is 3.21. The van der Waals surface area contributed by atoms with Crippen LogP contribution in [-0.4, -0.2) is 39.2 Å². The molecule has 1 aromatic rings. The number of carbonyl (C=O) groups excluding carboxylic acids is 1. The number of primary amides is 1. The highest BCUT2D eigenvalue weighted by atomic mass is 19.1. The number of carbonyl (C=O) groups is 1. The highest BCUT2D eigenvalue weighted by Crippen LogP contribution is 2.32. The molecule has 3 N–H and O–H groups in total. The van der Waals surface area contributed by atoms with Crippen molar-refractivity contribution in [1.29, 1.82) is 0 Å². The van der Waals surface area contributed by atoms with Gasteiger partial charge in [0, 0.05) is 31.7 Å². The van der Waals surface area contributed by atoms with E-state index in [0.717, 1.165) is 32.2 Å². The van der Waals surface area contributed by atoms with E-state index in [1.165, 1.54) is 7.11 Å². The molecule has 0 atom stereocenters. The van der Waals surface area contributed by atoms with E-state index in [1.54, 1.807) is 6.07 Å². The lowest BCUT2D eigenvalue weighted by Crippen LogP contribution is -2.43. The van der Waals surface area contributed by atoms with Gasteiger partial charge < -0.3 is 20.7 Å². The molecule has 1 aromatic carbocycles. The van der Waals surface area contributed by atoms with Crippen LogP contribution in [-0.2, 0) is 0 Å². The smallest absolute Gasteiger partial charge is 0.248 e. The van der Waals surface area contributed by atoms with Gasteiger partial charge in [0.1, 0.15) is 0 Å². The van der Waals surface area contributed by atoms with Crippen LogP contribution >= 0.6 is 0 Å². The zero-order valence-electron chi connectivity index (χ0n) is 10.2. The van der Waals surface area contributed by atoms with Crippen LogP contribution in [0.2, 0.25) is 0 Å². The van der Waals surface area contributed by atoms with Crippen molar-refractivity contribution in [2.75, 3.05) is 38.2 Å². The minimum Gasteiger partial charge on any atom is -0.492 e. The van der Waals surface area contributed by atoms with Crippen molar-refractivity contribution >= 4 is 11.6 Å². The zero-order valence-corrected chi connectivity index (χ0v) is 10.2. The van der Waals surface area contributed by atoms with Crippen LogP contribution in [0.25, 0.3) is 0 Å². The van der Waals surface area contributed by atoms with E-state index in [-0.39, 0.29) is 11.3 Å². The SMILES string of the molecule is COc1c(F)cc(C(N)=O)cc1N1CCNCC1. The first-order valence-electron chi connectivity index (χ1n) is 5.76. The fourth-order valence-electron chi connectivity index (χ4n) is 2.06. The highest BCUT2D eigenvalue weighted by Gasteiger charge is 2.20. The predicted molar refractivity (Wildman–Crippen MR) is 66.6 cm³/mol. The number of ether oxygens (including phenoxy) is 1.